The molecule has 138 valence electrons. The van der Waals surface area contributed by atoms with E-state index in [0.29, 0.717) is 24.0 Å². The van der Waals surface area contributed by atoms with Gasteiger partial charge in [0.2, 0.25) is 0 Å². The van der Waals surface area contributed by atoms with Crippen LogP contribution < -0.4 is 15.4 Å². The van der Waals surface area contributed by atoms with Crippen LogP contribution in [0.1, 0.15) is 27.6 Å². The van der Waals surface area contributed by atoms with Gasteiger partial charge < -0.3 is 15.4 Å². The molecule has 0 atom stereocenters. The van der Waals surface area contributed by atoms with E-state index >= 15 is 0 Å². The molecular weight excluding hydrogens is 349 g/mol. The maximum Gasteiger partial charge on any atom is 0.254 e. The van der Waals surface area contributed by atoms with Gasteiger partial charge in [0.25, 0.3) is 11.8 Å². The first-order chi connectivity index (χ1) is 12.4. The molecule has 5 nitrogen and oxygen atoms in total. The van der Waals surface area contributed by atoms with E-state index in [1.54, 1.807) is 24.3 Å². The first kappa shape index (κ1) is 19.3. The Morgan fingerprint density at radius 1 is 0.885 bits per heavy atom. The maximum atomic E-state index is 13.5. The fraction of sp³-hybridized carbons (Fsp3) is 0.222. The smallest absolute Gasteiger partial charge is 0.254 e. The lowest BCUT2D eigenvalue weighted by Crippen LogP contribution is -2.35. The zero-order valence-corrected chi connectivity index (χ0v) is 13.9. The van der Waals surface area contributed by atoms with Crippen molar-refractivity contribution in [3.8, 4) is 5.75 Å². The van der Waals surface area contributed by atoms with E-state index in [2.05, 4.69) is 10.6 Å². The monoisotopic (exact) mass is 366 g/mol. The quantitative estimate of drug-likeness (QED) is 0.585. The number of hydrogen-bond donors (Lipinski definition) is 2. The van der Waals surface area contributed by atoms with Gasteiger partial charge in [0.05, 0.1) is 12.2 Å². The van der Waals surface area contributed by atoms with Gasteiger partial charge in [0.15, 0.2) is 17.5 Å². The van der Waals surface area contributed by atoms with Gasteiger partial charge in [-0.2, -0.15) is 0 Å². The van der Waals surface area contributed by atoms with Crippen molar-refractivity contribution >= 4 is 11.8 Å². The lowest BCUT2D eigenvalue weighted by atomic mass is 10.2. The molecule has 2 amide bonds. The summed E-state index contributed by atoms with van der Waals surface area (Å²) in [4.78, 5) is 23.7. The lowest BCUT2D eigenvalue weighted by molar-refractivity contribution is 0.0924. The topological polar surface area (TPSA) is 67.4 Å². The SMILES string of the molecule is CCOc1ccc(C(=O)NCCNC(=O)c2ccc(F)c(F)c2F)cc1. The van der Waals surface area contributed by atoms with Crippen molar-refractivity contribution in [2.75, 3.05) is 19.7 Å². The molecule has 2 rings (SSSR count). The van der Waals surface area contributed by atoms with Crippen molar-refractivity contribution in [3.63, 3.8) is 0 Å². The summed E-state index contributed by atoms with van der Waals surface area (Å²) in [6, 6.07) is 8.02. The van der Waals surface area contributed by atoms with Crippen molar-refractivity contribution in [1.29, 1.82) is 0 Å². The molecule has 0 unspecified atom stereocenters. The third-order valence-electron chi connectivity index (χ3n) is 3.40. The molecule has 0 aliphatic heterocycles. The second-order valence-corrected chi connectivity index (χ2v) is 5.19. The van der Waals surface area contributed by atoms with Crippen molar-refractivity contribution in [1.82, 2.24) is 10.6 Å². The highest BCUT2D eigenvalue weighted by Crippen LogP contribution is 2.15. The number of amides is 2. The van der Waals surface area contributed by atoms with E-state index in [4.69, 9.17) is 4.74 Å². The van der Waals surface area contributed by atoms with Crippen LogP contribution >= 0.6 is 0 Å². The molecule has 0 saturated heterocycles. The van der Waals surface area contributed by atoms with E-state index in [0.717, 1.165) is 6.07 Å². The molecule has 0 aromatic heterocycles. The Morgan fingerprint density at radius 2 is 1.50 bits per heavy atom. The number of benzene rings is 2. The van der Waals surface area contributed by atoms with Gasteiger partial charge >= 0.3 is 0 Å². The molecule has 0 saturated carbocycles. The molecular formula is C18H17F3N2O3. The predicted octanol–water partition coefficient (Wildman–Crippen LogP) is 2.66. The zero-order chi connectivity index (χ0) is 19.1. The number of nitrogens with one attached hydrogen (secondary N) is 2. The molecule has 0 spiro atoms. The Bertz CT molecular complexity index is 795. The summed E-state index contributed by atoms with van der Waals surface area (Å²) in [5, 5.41) is 4.89. The standard InChI is InChI=1S/C18H17F3N2O3/c1-2-26-12-5-3-11(4-6-12)17(24)22-9-10-23-18(25)13-7-8-14(19)16(21)15(13)20/h3-8H,2,9-10H2,1H3,(H,22,24)(H,23,25). The number of rotatable bonds is 7. The van der Waals surface area contributed by atoms with E-state index in [1.165, 1.54) is 0 Å². The summed E-state index contributed by atoms with van der Waals surface area (Å²) in [5.41, 5.74) is -0.201. The predicted molar refractivity (Wildman–Crippen MR) is 88.6 cm³/mol. The molecule has 0 bridgehead atoms. The minimum Gasteiger partial charge on any atom is -0.494 e. The first-order valence-corrected chi connectivity index (χ1v) is 7.86. The molecule has 26 heavy (non-hydrogen) atoms. The second-order valence-electron chi connectivity index (χ2n) is 5.19. The Kier molecular flexibility index (Phi) is 6.60. The van der Waals surface area contributed by atoms with Crippen LogP contribution in [0.3, 0.4) is 0 Å². The number of carbonyl (C=O) groups excluding carboxylic acids is 2. The van der Waals surface area contributed by atoms with Gasteiger partial charge in [0.1, 0.15) is 5.75 Å². The number of carbonyl (C=O) groups is 2. The van der Waals surface area contributed by atoms with Crippen LogP contribution in [-0.2, 0) is 0 Å². The minimum absolute atomic E-state index is 0.0139. The first-order valence-electron chi connectivity index (χ1n) is 7.86. The van der Waals surface area contributed by atoms with Crippen LogP contribution in [0.5, 0.6) is 5.75 Å². The van der Waals surface area contributed by atoms with Gasteiger partial charge in [-0.1, -0.05) is 0 Å². The fourth-order valence-corrected chi connectivity index (χ4v) is 2.12. The van der Waals surface area contributed by atoms with Crippen LogP contribution in [-0.4, -0.2) is 31.5 Å². The molecule has 2 aromatic rings. The summed E-state index contributed by atoms with van der Waals surface area (Å²) in [5.74, 6) is -5.26. The average Bonchev–Trinajstić information content (AvgIpc) is 2.64. The molecule has 8 heteroatoms. The molecule has 2 aromatic carbocycles. The van der Waals surface area contributed by atoms with E-state index in [1.807, 2.05) is 6.92 Å². The number of halogens is 3. The normalized spacial score (nSPS) is 10.3. The van der Waals surface area contributed by atoms with Crippen molar-refractivity contribution in [2.45, 2.75) is 6.92 Å². The van der Waals surface area contributed by atoms with Crippen molar-refractivity contribution in [3.05, 3.63) is 65.0 Å². The summed E-state index contributed by atoms with van der Waals surface area (Å²) < 4.78 is 44.7. The Morgan fingerprint density at radius 3 is 2.12 bits per heavy atom. The average molecular weight is 366 g/mol. The fourth-order valence-electron chi connectivity index (χ4n) is 2.12. The Hall–Kier alpha value is -3.03. The molecule has 0 fully saturated rings. The van der Waals surface area contributed by atoms with Gasteiger partial charge in [0, 0.05) is 18.7 Å². The summed E-state index contributed by atoms with van der Waals surface area (Å²) in [6.45, 7) is 2.42. The second kappa shape index (κ2) is 8.89. The number of hydrogen-bond acceptors (Lipinski definition) is 3. The summed E-state index contributed by atoms with van der Waals surface area (Å²) in [6.07, 6.45) is 0. The van der Waals surface area contributed by atoms with E-state index < -0.39 is 28.9 Å². The largest absolute Gasteiger partial charge is 0.494 e. The maximum absolute atomic E-state index is 13.5. The van der Waals surface area contributed by atoms with E-state index in [-0.39, 0.29) is 19.0 Å². The van der Waals surface area contributed by atoms with Gasteiger partial charge in [-0.3, -0.25) is 9.59 Å². The summed E-state index contributed by atoms with van der Waals surface area (Å²) in [7, 11) is 0. The van der Waals surface area contributed by atoms with Crippen LogP contribution in [0.25, 0.3) is 0 Å². The Balaban J connectivity index is 1.82. The highest BCUT2D eigenvalue weighted by molar-refractivity contribution is 5.95. The van der Waals surface area contributed by atoms with Crippen LogP contribution in [0.15, 0.2) is 36.4 Å². The highest BCUT2D eigenvalue weighted by Gasteiger charge is 2.18. The van der Waals surface area contributed by atoms with Crippen molar-refractivity contribution < 1.29 is 27.5 Å². The lowest BCUT2D eigenvalue weighted by Gasteiger charge is -2.09. The molecule has 0 aliphatic rings. The highest BCUT2D eigenvalue weighted by atomic mass is 19.2. The molecule has 0 aliphatic carbocycles. The van der Waals surface area contributed by atoms with Crippen LogP contribution in [0, 0.1) is 17.5 Å². The van der Waals surface area contributed by atoms with Gasteiger partial charge in [-0.25, -0.2) is 13.2 Å². The zero-order valence-electron chi connectivity index (χ0n) is 13.9. The van der Waals surface area contributed by atoms with Gasteiger partial charge in [-0.05, 0) is 43.3 Å². The van der Waals surface area contributed by atoms with Gasteiger partial charge in [-0.15, -0.1) is 0 Å². The van der Waals surface area contributed by atoms with E-state index in [9.17, 15) is 22.8 Å². The third kappa shape index (κ3) is 4.75. The van der Waals surface area contributed by atoms with Crippen LogP contribution in [0.4, 0.5) is 13.2 Å². The minimum atomic E-state index is -1.71. The summed E-state index contributed by atoms with van der Waals surface area (Å²) >= 11 is 0. The molecule has 0 radical (unpaired) electrons. The molecule has 0 heterocycles. The van der Waals surface area contributed by atoms with Crippen molar-refractivity contribution in [2.24, 2.45) is 0 Å². The van der Waals surface area contributed by atoms with Crippen LogP contribution in [0.2, 0.25) is 0 Å². The number of ether oxygens (including phenoxy) is 1. The third-order valence-corrected chi connectivity index (χ3v) is 3.40. The Labute approximate surface area is 148 Å². The molecule has 2 N–H and O–H groups in total.